The Labute approximate surface area is 123 Å². The molecule has 1 N–H and O–H groups in total. The highest BCUT2D eigenvalue weighted by Gasteiger charge is 2.48. The van der Waals surface area contributed by atoms with Gasteiger partial charge in [-0.25, -0.2) is 9.18 Å². The van der Waals surface area contributed by atoms with Crippen molar-refractivity contribution in [1.29, 1.82) is 0 Å². The molecular weight excluding hydrogens is 275 g/mol. The highest BCUT2D eigenvalue weighted by Crippen LogP contribution is 2.29. The molecule has 1 amide bonds. The summed E-state index contributed by atoms with van der Waals surface area (Å²) in [6.07, 6.45) is -1.28. The Morgan fingerprint density at radius 1 is 1.48 bits per heavy atom. The van der Waals surface area contributed by atoms with Crippen LogP contribution in [0.15, 0.2) is 30.3 Å². The molecule has 114 valence electrons. The molecule has 3 rings (SSSR count). The maximum absolute atomic E-state index is 14.3. The van der Waals surface area contributed by atoms with E-state index in [0.717, 1.165) is 5.56 Å². The van der Waals surface area contributed by atoms with Crippen LogP contribution in [0.2, 0.25) is 0 Å². The Kier molecular flexibility index (Phi) is 4.07. The molecular formula is C15H19FN2O3. The van der Waals surface area contributed by atoms with Gasteiger partial charge in [0.1, 0.15) is 6.61 Å². The van der Waals surface area contributed by atoms with Gasteiger partial charge in [0.25, 0.3) is 0 Å². The molecule has 2 fully saturated rings. The first kappa shape index (κ1) is 14.3. The minimum atomic E-state index is -1.24. The molecule has 2 aliphatic rings. The van der Waals surface area contributed by atoms with Crippen molar-refractivity contribution >= 4 is 6.09 Å². The third-order valence-corrected chi connectivity index (χ3v) is 3.99. The molecule has 0 aromatic heterocycles. The molecule has 2 heterocycles. The number of benzene rings is 1. The van der Waals surface area contributed by atoms with Gasteiger partial charge in [-0.15, -0.1) is 0 Å². The van der Waals surface area contributed by atoms with E-state index in [0.29, 0.717) is 26.1 Å². The lowest BCUT2D eigenvalue weighted by Gasteiger charge is -2.40. The van der Waals surface area contributed by atoms with Crippen LogP contribution in [0.25, 0.3) is 0 Å². The first-order valence-electron chi connectivity index (χ1n) is 7.18. The smallest absolute Gasteiger partial charge is 0.410 e. The molecule has 2 saturated heterocycles. The largest absolute Gasteiger partial charge is 0.445 e. The molecule has 2 atom stereocenters. The molecule has 0 saturated carbocycles. The summed E-state index contributed by atoms with van der Waals surface area (Å²) >= 11 is 0. The summed E-state index contributed by atoms with van der Waals surface area (Å²) in [7, 11) is 0. The maximum atomic E-state index is 14.3. The van der Waals surface area contributed by atoms with Crippen LogP contribution in [0.4, 0.5) is 9.18 Å². The molecule has 21 heavy (non-hydrogen) atoms. The molecule has 1 spiro atoms. The van der Waals surface area contributed by atoms with Crippen molar-refractivity contribution in [3.63, 3.8) is 0 Å². The van der Waals surface area contributed by atoms with E-state index in [1.165, 1.54) is 4.90 Å². The second kappa shape index (κ2) is 5.99. The first-order chi connectivity index (χ1) is 10.2. The topological polar surface area (TPSA) is 50.8 Å². The summed E-state index contributed by atoms with van der Waals surface area (Å²) in [5, 5.41) is 3.06. The van der Waals surface area contributed by atoms with E-state index in [9.17, 15) is 9.18 Å². The van der Waals surface area contributed by atoms with E-state index < -0.39 is 18.0 Å². The lowest BCUT2D eigenvalue weighted by Crippen LogP contribution is -2.60. The number of ether oxygens (including phenoxy) is 2. The molecule has 0 aliphatic carbocycles. The fourth-order valence-corrected chi connectivity index (χ4v) is 2.77. The molecule has 0 radical (unpaired) electrons. The highest BCUT2D eigenvalue weighted by atomic mass is 19.1. The van der Waals surface area contributed by atoms with Crippen LogP contribution in [0.5, 0.6) is 0 Å². The molecule has 0 bridgehead atoms. The van der Waals surface area contributed by atoms with Gasteiger partial charge < -0.3 is 14.4 Å². The number of alkyl halides is 1. The van der Waals surface area contributed by atoms with Crippen molar-refractivity contribution in [2.75, 3.05) is 26.2 Å². The Bertz CT molecular complexity index is 491. The zero-order valence-electron chi connectivity index (χ0n) is 11.8. The Morgan fingerprint density at radius 3 is 2.95 bits per heavy atom. The molecule has 5 nitrogen and oxygen atoms in total. The fourth-order valence-electron chi connectivity index (χ4n) is 2.77. The van der Waals surface area contributed by atoms with E-state index in [2.05, 4.69) is 5.32 Å². The summed E-state index contributed by atoms with van der Waals surface area (Å²) in [4.78, 5) is 13.4. The second-order valence-corrected chi connectivity index (χ2v) is 5.37. The third kappa shape index (κ3) is 3.01. The van der Waals surface area contributed by atoms with Crippen molar-refractivity contribution in [3.8, 4) is 0 Å². The fraction of sp³-hybridized carbons (Fsp3) is 0.533. The lowest BCUT2D eigenvalue weighted by molar-refractivity contribution is -0.107. The third-order valence-electron chi connectivity index (χ3n) is 3.99. The van der Waals surface area contributed by atoms with E-state index in [1.54, 1.807) is 0 Å². The zero-order valence-corrected chi connectivity index (χ0v) is 11.8. The summed E-state index contributed by atoms with van der Waals surface area (Å²) in [5.41, 5.74) is 0.00728. The minimum absolute atomic E-state index is 0.000618. The maximum Gasteiger partial charge on any atom is 0.410 e. The van der Waals surface area contributed by atoms with Gasteiger partial charge in [0, 0.05) is 19.5 Å². The Balaban J connectivity index is 1.52. The van der Waals surface area contributed by atoms with Gasteiger partial charge in [0.05, 0.1) is 13.2 Å². The number of halogens is 1. The number of nitrogens with one attached hydrogen (secondary N) is 1. The lowest BCUT2D eigenvalue weighted by atomic mass is 9.99. The van der Waals surface area contributed by atoms with Gasteiger partial charge >= 0.3 is 6.09 Å². The van der Waals surface area contributed by atoms with Crippen molar-refractivity contribution in [1.82, 2.24) is 10.2 Å². The number of likely N-dealkylation sites (tertiary alicyclic amines) is 1. The first-order valence-corrected chi connectivity index (χ1v) is 7.18. The van der Waals surface area contributed by atoms with Gasteiger partial charge in [-0.1, -0.05) is 30.3 Å². The summed E-state index contributed by atoms with van der Waals surface area (Å²) < 4.78 is 25.0. The standard InChI is InChI=1S/C15H19FN2O3/c16-13-10-18(8-6-15(13)17-7-9-21-15)14(19)20-11-12-4-2-1-3-5-12/h1-5,13,17H,6-11H2. The number of rotatable bonds is 2. The average Bonchev–Trinajstić information content (AvgIpc) is 2.99. The minimum Gasteiger partial charge on any atom is -0.445 e. The van der Waals surface area contributed by atoms with Crippen LogP contribution in [0.3, 0.4) is 0 Å². The number of piperidine rings is 1. The van der Waals surface area contributed by atoms with Crippen LogP contribution in [-0.2, 0) is 16.1 Å². The van der Waals surface area contributed by atoms with Crippen molar-refractivity contribution in [2.24, 2.45) is 0 Å². The van der Waals surface area contributed by atoms with Gasteiger partial charge in [0.2, 0.25) is 0 Å². The Hall–Kier alpha value is -1.66. The summed E-state index contributed by atoms with van der Waals surface area (Å²) in [6.45, 7) is 1.80. The van der Waals surface area contributed by atoms with E-state index in [1.807, 2.05) is 30.3 Å². The van der Waals surface area contributed by atoms with E-state index in [4.69, 9.17) is 9.47 Å². The van der Waals surface area contributed by atoms with Crippen molar-refractivity contribution < 1.29 is 18.7 Å². The average molecular weight is 294 g/mol. The van der Waals surface area contributed by atoms with Crippen LogP contribution in [-0.4, -0.2) is 49.1 Å². The molecule has 1 aromatic rings. The Morgan fingerprint density at radius 2 is 2.29 bits per heavy atom. The van der Waals surface area contributed by atoms with Gasteiger partial charge in [-0.3, -0.25) is 5.32 Å². The van der Waals surface area contributed by atoms with E-state index >= 15 is 0 Å². The SMILES string of the molecule is O=C(OCc1ccccc1)N1CCC2(NCCO2)C(F)C1. The second-order valence-electron chi connectivity index (χ2n) is 5.37. The predicted octanol–water partition coefficient (Wildman–Crippen LogP) is 1.68. The monoisotopic (exact) mass is 294 g/mol. The molecule has 2 aliphatic heterocycles. The molecule has 6 heteroatoms. The molecule has 2 unspecified atom stereocenters. The quantitative estimate of drug-likeness (QED) is 0.901. The van der Waals surface area contributed by atoms with Gasteiger partial charge in [-0.2, -0.15) is 0 Å². The number of carbonyl (C=O) groups is 1. The number of nitrogens with zero attached hydrogens (tertiary/aromatic N) is 1. The van der Waals surface area contributed by atoms with Crippen LogP contribution >= 0.6 is 0 Å². The van der Waals surface area contributed by atoms with Crippen LogP contribution < -0.4 is 5.32 Å². The molecule has 1 aromatic carbocycles. The van der Waals surface area contributed by atoms with Gasteiger partial charge in [0.15, 0.2) is 11.9 Å². The number of carbonyl (C=O) groups excluding carboxylic acids is 1. The number of amides is 1. The number of hydrogen-bond donors (Lipinski definition) is 1. The van der Waals surface area contributed by atoms with Gasteiger partial charge in [-0.05, 0) is 5.56 Å². The van der Waals surface area contributed by atoms with Crippen LogP contribution in [0.1, 0.15) is 12.0 Å². The van der Waals surface area contributed by atoms with Crippen LogP contribution in [0, 0.1) is 0 Å². The highest BCUT2D eigenvalue weighted by molar-refractivity contribution is 5.67. The number of hydrogen-bond acceptors (Lipinski definition) is 4. The predicted molar refractivity (Wildman–Crippen MR) is 74.4 cm³/mol. The summed E-state index contributed by atoms with van der Waals surface area (Å²) in [5.74, 6) is 0. The van der Waals surface area contributed by atoms with Crippen molar-refractivity contribution in [3.05, 3.63) is 35.9 Å². The normalized spacial score (nSPS) is 28.8. The summed E-state index contributed by atoms with van der Waals surface area (Å²) in [6, 6.07) is 9.43. The van der Waals surface area contributed by atoms with Crippen molar-refractivity contribution in [2.45, 2.75) is 24.9 Å². The zero-order chi connectivity index (χ0) is 14.7. The van der Waals surface area contributed by atoms with E-state index in [-0.39, 0.29) is 13.2 Å².